The molecule has 0 spiro atoms. The van der Waals surface area contributed by atoms with Gasteiger partial charge in [-0.3, -0.25) is 9.59 Å². The highest BCUT2D eigenvalue weighted by atomic mass is 32.1. The molecule has 0 bridgehead atoms. The van der Waals surface area contributed by atoms with Gasteiger partial charge in [0, 0.05) is 23.4 Å². The summed E-state index contributed by atoms with van der Waals surface area (Å²) in [7, 11) is 0. The predicted molar refractivity (Wildman–Crippen MR) is 105 cm³/mol. The molecule has 6 heteroatoms. The lowest BCUT2D eigenvalue weighted by atomic mass is 10.1. The van der Waals surface area contributed by atoms with Crippen molar-refractivity contribution >= 4 is 33.1 Å². The number of rotatable bonds is 4. The molecule has 134 valence electrons. The summed E-state index contributed by atoms with van der Waals surface area (Å²) in [5.41, 5.74) is 4.44. The largest absolute Gasteiger partial charge is 0.326 e. The fourth-order valence-corrected chi connectivity index (χ4v) is 4.57. The van der Waals surface area contributed by atoms with E-state index < -0.39 is 0 Å². The van der Waals surface area contributed by atoms with Crippen molar-refractivity contribution in [3.63, 3.8) is 0 Å². The quantitative estimate of drug-likeness (QED) is 0.739. The third kappa shape index (κ3) is 3.17. The van der Waals surface area contributed by atoms with E-state index in [4.69, 9.17) is 0 Å². The maximum Gasteiger partial charge on any atom is 0.259 e. The Labute approximate surface area is 155 Å². The molecule has 3 aromatic rings. The van der Waals surface area contributed by atoms with Crippen LogP contribution in [-0.4, -0.2) is 15.9 Å². The van der Waals surface area contributed by atoms with Crippen molar-refractivity contribution in [3.05, 3.63) is 55.9 Å². The summed E-state index contributed by atoms with van der Waals surface area (Å²) in [6.07, 6.45) is 4.11. The van der Waals surface area contributed by atoms with E-state index >= 15 is 0 Å². The number of hydrogen-bond acceptors (Lipinski definition) is 4. The lowest BCUT2D eigenvalue weighted by Crippen LogP contribution is -2.16. The van der Waals surface area contributed by atoms with Crippen molar-refractivity contribution in [2.45, 2.75) is 46.0 Å². The van der Waals surface area contributed by atoms with Gasteiger partial charge in [-0.05, 0) is 61.9 Å². The van der Waals surface area contributed by atoms with Crippen molar-refractivity contribution in [1.29, 1.82) is 0 Å². The Balaban J connectivity index is 1.44. The number of carbonyl (C=O) groups excluding carboxylic acids is 1. The van der Waals surface area contributed by atoms with E-state index in [0.29, 0.717) is 17.6 Å². The molecule has 4 rings (SSSR count). The van der Waals surface area contributed by atoms with Crippen LogP contribution in [-0.2, 0) is 24.1 Å². The van der Waals surface area contributed by atoms with Crippen LogP contribution >= 0.6 is 11.3 Å². The molecule has 26 heavy (non-hydrogen) atoms. The van der Waals surface area contributed by atoms with Gasteiger partial charge >= 0.3 is 0 Å². The van der Waals surface area contributed by atoms with Gasteiger partial charge in [-0.2, -0.15) is 0 Å². The summed E-state index contributed by atoms with van der Waals surface area (Å²) in [4.78, 5) is 33.7. The second kappa shape index (κ2) is 6.68. The van der Waals surface area contributed by atoms with E-state index in [1.807, 2.05) is 19.9 Å². The van der Waals surface area contributed by atoms with Crippen molar-refractivity contribution in [2.24, 2.45) is 0 Å². The molecule has 1 aliphatic carbocycles. The minimum atomic E-state index is -0.120. The fourth-order valence-electron chi connectivity index (χ4n) is 3.52. The van der Waals surface area contributed by atoms with Crippen LogP contribution in [0.25, 0.3) is 10.2 Å². The van der Waals surface area contributed by atoms with Crippen molar-refractivity contribution in [1.82, 2.24) is 9.97 Å². The Morgan fingerprint density at radius 3 is 2.92 bits per heavy atom. The van der Waals surface area contributed by atoms with Gasteiger partial charge in [0.25, 0.3) is 5.56 Å². The van der Waals surface area contributed by atoms with Gasteiger partial charge in [0.1, 0.15) is 10.7 Å². The highest BCUT2D eigenvalue weighted by Gasteiger charge is 2.14. The van der Waals surface area contributed by atoms with E-state index in [0.717, 1.165) is 33.8 Å². The molecule has 2 aromatic heterocycles. The van der Waals surface area contributed by atoms with E-state index in [1.165, 1.54) is 28.9 Å². The monoisotopic (exact) mass is 367 g/mol. The van der Waals surface area contributed by atoms with Gasteiger partial charge in [0.2, 0.25) is 5.91 Å². The fraction of sp³-hybridized carbons (Fsp3) is 0.350. The molecule has 5 nitrogen and oxygen atoms in total. The van der Waals surface area contributed by atoms with Crippen LogP contribution in [0.5, 0.6) is 0 Å². The SMILES string of the molecule is Cc1sc2nc(CCC(=O)Nc3ccc4c(c3)CCC4)[nH]c(=O)c2c1C. The van der Waals surface area contributed by atoms with Crippen LogP contribution in [0.1, 0.15) is 40.2 Å². The van der Waals surface area contributed by atoms with Gasteiger partial charge in [-0.1, -0.05) is 6.07 Å². The Morgan fingerprint density at radius 1 is 1.27 bits per heavy atom. The van der Waals surface area contributed by atoms with Gasteiger partial charge in [-0.15, -0.1) is 11.3 Å². The lowest BCUT2D eigenvalue weighted by Gasteiger charge is -2.07. The zero-order chi connectivity index (χ0) is 18.3. The first kappa shape index (κ1) is 17.0. The molecule has 0 aliphatic heterocycles. The normalized spacial score (nSPS) is 13.2. The van der Waals surface area contributed by atoms with Crippen LogP contribution in [0, 0.1) is 13.8 Å². The Morgan fingerprint density at radius 2 is 2.08 bits per heavy atom. The molecule has 2 heterocycles. The lowest BCUT2D eigenvalue weighted by molar-refractivity contribution is -0.116. The number of aromatic nitrogens is 2. The second-order valence-electron chi connectivity index (χ2n) is 6.86. The van der Waals surface area contributed by atoms with Crippen molar-refractivity contribution in [2.75, 3.05) is 5.32 Å². The maximum atomic E-state index is 12.3. The zero-order valence-electron chi connectivity index (χ0n) is 14.9. The summed E-state index contributed by atoms with van der Waals surface area (Å²) in [5, 5.41) is 3.62. The predicted octanol–water partition coefficient (Wildman–Crippen LogP) is 3.66. The summed E-state index contributed by atoms with van der Waals surface area (Å²) in [6.45, 7) is 3.93. The van der Waals surface area contributed by atoms with E-state index in [2.05, 4.69) is 27.4 Å². The number of H-pyrrole nitrogens is 1. The highest BCUT2D eigenvalue weighted by molar-refractivity contribution is 7.18. The first-order valence-electron chi connectivity index (χ1n) is 8.92. The molecule has 0 radical (unpaired) electrons. The van der Waals surface area contributed by atoms with Crippen LogP contribution in [0.2, 0.25) is 0 Å². The van der Waals surface area contributed by atoms with E-state index in [-0.39, 0.29) is 17.9 Å². The topological polar surface area (TPSA) is 74.8 Å². The number of carbonyl (C=O) groups is 1. The number of aromatic amines is 1. The smallest absolute Gasteiger partial charge is 0.259 e. The van der Waals surface area contributed by atoms with Crippen LogP contribution < -0.4 is 10.9 Å². The maximum absolute atomic E-state index is 12.3. The van der Waals surface area contributed by atoms with E-state index in [9.17, 15) is 9.59 Å². The molecular formula is C20H21N3O2S. The third-order valence-electron chi connectivity index (χ3n) is 5.06. The highest BCUT2D eigenvalue weighted by Crippen LogP contribution is 2.26. The number of aryl methyl sites for hydroxylation is 5. The summed E-state index contributed by atoms with van der Waals surface area (Å²) in [6, 6.07) is 6.14. The van der Waals surface area contributed by atoms with E-state index in [1.54, 1.807) is 0 Å². The second-order valence-corrected chi connectivity index (χ2v) is 8.06. The zero-order valence-corrected chi connectivity index (χ0v) is 15.8. The molecule has 0 fully saturated rings. The molecule has 0 saturated heterocycles. The van der Waals surface area contributed by atoms with Gasteiger partial charge in [0.15, 0.2) is 0 Å². The average molecular weight is 367 g/mol. The van der Waals surface area contributed by atoms with Gasteiger partial charge in [0.05, 0.1) is 5.39 Å². The molecule has 0 saturated carbocycles. The minimum absolute atomic E-state index is 0.0655. The average Bonchev–Trinajstić information content (AvgIpc) is 3.17. The standard InChI is InChI=1S/C20H21N3O2S/c1-11-12(2)26-20-18(11)19(25)22-16(23-20)8-9-17(24)21-15-7-6-13-4-3-5-14(13)10-15/h6-7,10H,3-5,8-9H2,1-2H3,(H,21,24)(H,22,23,25). The molecule has 1 aliphatic rings. The number of thiophene rings is 1. The Bertz CT molecular complexity index is 1060. The van der Waals surface area contributed by atoms with Crippen LogP contribution in [0.3, 0.4) is 0 Å². The Hall–Kier alpha value is -2.47. The summed E-state index contributed by atoms with van der Waals surface area (Å²) < 4.78 is 0. The number of amides is 1. The van der Waals surface area contributed by atoms with Crippen LogP contribution in [0.15, 0.2) is 23.0 Å². The molecule has 0 unspecified atom stereocenters. The molecular weight excluding hydrogens is 346 g/mol. The third-order valence-corrected chi connectivity index (χ3v) is 6.16. The van der Waals surface area contributed by atoms with Crippen LogP contribution in [0.4, 0.5) is 5.69 Å². The van der Waals surface area contributed by atoms with Crippen molar-refractivity contribution < 1.29 is 4.79 Å². The molecule has 2 N–H and O–H groups in total. The minimum Gasteiger partial charge on any atom is -0.326 e. The van der Waals surface area contributed by atoms with Gasteiger partial charge in [-0.25, -0.2) is 4.98 Å². The number of benzene rings is 1. The summed E-state index contributed by atoms with van der Waals surface area (Å²) in [5.74, 6) is 0.497. The molecule has 0 atom stereocenters. The number of hydrogen-bond donors (Lipinski definition) is 2. The van der Waals surface area contributed by atoms with Gasteiger partial charge < -0.3 is 10.3 Å². The molecule has 1 amide bonds. The number of fused-ring (bicyclic) bond motifs is 2. The van der Waals surface area contributed by atoms with Crippen molar-refractivity contribution in [3.8, 4) is 0 Å². The first-order valence-corrected chi connectivity index (χ1v) is 9.73. The number of nitrogens with zero attached hydrogens (tertiary/aromatic N) is 1. The summed E-state index contributed by atoms with van der Waals surface area (Å²) >= 11 is 1.52. The Kier molecular flexibility index (Phi) is 4.36. The number of nitrogens with one attached hydrogen (secondary N) is 2. The molecule has 1 aromatic carbocycles. The first-order chi connectivity index (χ1) is 12.5. The number of anilines is 1.